The van der Waals surface area contributed by atoms with Crippen molar-refractivity contribution < 1.29 is 9.53 Å². The van der Waals surface area contributed by atoms with Gasteiger partial charge in [-0.05, 0) is 69.3 Å². The molecular weight excluding hydrogens is 300 g/mol. The molecule has 1 unspecified atom stereocenters. The molecule has 24 heavy (non-hydrogen) atoms. The normalized spacial score (nSPS) is 17.2. The third-order valence-electron chi connectivity index (χ3n) is 4.95. The Morgan fingerprint density at radius 2 is 1.96 bits per heavy atom. The van der Waals surface area contributed by atoms with Gasteiger partial charge in [0.25, 0.3) is 5.91 Å². The van der Waals surface area contributed by atoms with Gasteiger partial charge in [-0.1, -0.05) is 26.0 Å². The second-order valence-electron chi connectivity index (χ2n) is 7.27. The quantitative estimate of drug-likeness (QED) is 0.869. The summed E-state index contributed by atoms with van der Waals surface area (Å²) in [5.74, 6) is 2.06. The van der Waals surface area contributed by atoms with Crippen LogP contribution in [0.15, 0.2) is 18.2 Å². The summed E-state index contributed by atoms with van der Waals surface area (Å²) in [7, 11) is 1.99. The Bertz CT molecular complexity index is 549. The lowest BCUT2D eigenvalue weighted by molar-refractivity contribution is -0.139. The number of hydrogen-bond acceptors (Lipinski definition) is 3. The number of piperidine rings is 1. The highest BCUT2D eigenvalue weighted by Gasteiger charge is 2.27. The fourth-order valence-corrected chi connectivity index (χ4v) is 3.25. The van der Waals surface area contributed by atoms with E-state index >= 15 is 0 Å². The number of carbonyl (C=O) groups is 1. The van der Waals surface area contributed by atoms with E-state index in [0.29, 0.717) is 11.8 Å². The number of ether oxygens (including phenoxy) is 1. The second-order valence-corrected chi connectivity index (χ2v) is 7.27. The van der Waals surface area contributed by atoms with Crippen molar-refractivity contribution in [2.24, 2.45) is 5.92 Å². The van der Waals surface area contributed by atoms with Gasteiger partial charge in [0, 0.05) is 13.1 Å². The molecule has 1 fully saturated rings. The van der Waals surface area contributed by atoms with E-state index in [4.69, 9.17) is 4.74 Å². The fourth-order valence-electron chi connectivity index (χ4n) is 3.25. The first-order valence-electron chi connectivity index (χ1n) is 9.13. The van der Waals surface area contributed by atoms with Crippen LogP contribution in [0, 0.1) is 12.8 Å². The molecule has 0 saturated carbocycles. The van der Waals surface area contributed by atoms with Crippen molar-refractivity contribution in [3.05, 3.63) is 29.3 Å². The molecule has 0 spiro atoms. The Hall–Kier alpha value is -1.55. The van der Waals surface area contributed by atoms with Gasteiger partial charge in [0.2, 0.25) is 0 Å². The van der Waals surface area contributed by atoms with E-state index in [0.717, 1.165) is 43.8 Å². The first kappa shape index (κ1) is 18.8. The summed E-state index contributed by atoms with van der Waals surface area (Å²) in [5.41, 5.74) is 2.31. The SMILES string of the molecule is CNCC1CCN(C(=O)C(C)Oc2cc(C(C)C)ccc2C)CC1. The second kappa shape index (κ2) is 8.52. The molecule has 0 aromatic heterocycles. The molecule has 1 N–H and O–H groups in total. The summed E-state index contributed by atoms with van der Waals surface area (Å²) in [6.45, 7) is 10.9. The molecular formula is C20H32N2O2. The number of nitrogens with one attached hydrogen (secondary N) is 1. The average Bonchev–Trinajstić information content (AvgIpc) is 2.57. The van der Waals surface area contributed by atoms with Gasteiger partial charge in [0.1, 0.15) is 5.75 Å². The van der Waals surface area contributed by atoms with Gasteiger partial charge in [-0.3, -0.25) is 4.79 Å². The number of amides is 1. The Kier molecular flexibility index (Phi) is 6.67. The van der Waals surface area contributed by atoms with Gasteiger partial charge in [0.05, 0.1) is 0 Å². The van der Waals surface area contributed by atoms with Crippen LogP contribution in [0.1, 0.15) is 50.7 Å². The minimum absolute atomic E-state index is 0.104. The van der Waals surface area contributed by atoms with Gasteiger partial charge in [-0.25, -0.2) is 0 Å². The number of hydrogen-bond donors (Lipinski definition) is 1. The van der Waals surface area contributed by atoms with Crippen LogP contribution in [-0.4, -0.2) is 43.6 Å². The maximum Gasteiger partial charge on any atom is 0.263 e. The molecule has 1 saturated heterocycles. The van der Waals surface area contributed by atoms with Crippen molar-refractivity contribution >= 4 is 5.91 Å². The highest BCUT2D eigenvalue weighted by Crippen LogP contribution is 2.26. The fraction of sp³-hybridized carbons (Fsp3) is 0.650. The molecule has 1 amide bonds. The number of carbonyl (C=O) groups excluding carboxylic acids is 1. The molecule has 1 aliphatic heterocycles. The van der Waals surface area contributed by atoms with E-state index in [1.54, 1.807) is 0 Å². The Morgan fingerprint density at radius 1 is 1.29 bits per heavy atom. The molecule has 1 aromatic rings. The molecule has 4 nitrogen and oxygen atoms in total. The van der Waals surface area contributed by atoms with Gasteiger partial charge in [-0.15, -0.1) is 0 Å². The van der Waals surface area contributed by atoms with Crippen LogP contribution in [0.2, 0.25) is 0 Å². The van der Waals surface area contributed by atoms with E-state index in [-0.39, 0.29) is 5.91 Å². The average molecular weight is 332 g/mol. The predicted octanol–water partition coefficient (Wildman–Crippen LogP) is 3.34. The van der Waals surface area contributed by atoms with Crippen LogP contribution >= 0.6 is 0 Å². The van der Waals surface area contributed by atoms with Crippen LogP contribution in [0.4, 0.5) is 0 Å². The minimum atomic E-state index is -0.438. The van der Waals surface area contributed by atoms with Crippen LogP contribution < -0.4 is 10.1 Å². The van der Waals surface area contributed by atoms with Gasteiger partial charge < -0.3 is 15.0 Å². The van der Waals surface area contributed by atoms with Crippen molar-refractivity contribution in [2.45, 2.75) is 52.6 Å². The van der Waals surface area contributed by atoms with E-state index in [9.17, 15) is 4.79 Å². The number of aryl methyl sites for hydroxylation is 1. The molecule has 1 aromatic carbocycles. The Morgan fingerprint density at radius 3 is 2.54 bits per heavy atom. The monoisotopic (exact) mass is 332 g/mol. The molecule has 0 aliphatic carbocycles. The van der Waals surface area contributed by atoms with Crippen molar-refractivity contribution in [1.29, 1.82) is 0 Å². The summed E-state index contributed by atoms with van der Waals surface area (Å²) in [6.07, 6.45) is 1.70. The van der Waals surface area contributed by atoms with Gasteiger partial charge in [0.15, 0.2) is 6.10 Å². The molecule has 4 heteroatoms. The summed E-state index contributed by atoms with van der Waals surface area (Å²) >= 11 is 0. The van der Waals surface area contributed by atoms with Crippen LogP contribution in [0.5, 0.6) is 5.75 Å². The van der Waals surface area contributed by atoms with Crippen molar-refractivity contribution in [3.63, 3.8) is 0 Å². The zero-order valence-electron chi connectivity index (χ0n) is 15.8. The molecule has 1 heterocycles. The Balaban J connectivity index is 1.96. The minimum Gasteiger partial charge on any atom is -0.481 e. The summed E-state index contributed by atoms with van der Waals surface area (Å²) in [4.78, 5) is 14.6. The van der Waals surface area contributed by atoms with Crippen LogP contribution in [0.25, 0.3) is 0 Å². The van der Waals surface area contributed by atoms with E-state index in [1.807, 2.05) is 25.8 Å². The first-order valence-corrected chi connectivity index (χ1v) is 9.13. The highest BCUT2D eigenvalue weighted by molar-refractivity contribution is 5.81. The molecule has 1 atom stereocenters. The predicted molar refractivity (Wildman–Crippen MR) is 98.6 cm³/mol. The topological polar surface area (TPSA) is 41.6 Å². The van der Waals surface area contributed by atoms with E-state index in [1.165, 1.54) is 5.56 Å². The van der Waals surface area contributed by atoms with E-state index in [2.05, 4.69) is 37.4 Å². The third-order valence-corrected chi connectivity index (χ3v) is 4.95. The lowest BCUT2D eigenvalue weighted by atomic mass is 9.96. The first-order chi connectivity index (χ1) is 11.4. The number of likely N-dealkylation sites (tertiary alicyclic amines) is 1. The van der Waals surface area contributed by atoms with Gasteiger partial charge in [-0.2, -0.15) is 0 Å². The zero-order valence-corrected chi connectivity index (χ0v) is 15.8. The molecule has 2 rings (SSSR count). The highest BCUT2D eigenvalue weighted by atomic mass is 16.5. The maximum atomic E-state index is 12.7. The van der Waals surface area contributed by atoms with Crippen molar-refractivity contribution in [1.82, 2.24) is 10.2 Å². The number of benzene rings is 1. The smallest absolute Gasteiger partial charge is 0.263 e. The van der Waals surface area contributed by atoms with E-state index < -0.39 is 6.10 Å². The summed E-state index contributed by atoms with van der Waals surface area (Å²) in [5, 5.41) is 3.23. The lowest BCUT2D eigenvalue weighted by Crippen LogP contribution is -2.45. The molecule has 134 valence electrons. The molecule has 0 radical (unpaired) electrons. The number of nitrogens with zero attached hydrogens (tertiary/aromatic N) is 1. The standard InChI is InChI=1S/C20H32N2O2/c1-14(2)18-7-6-15(3)19(12-18)24-16(4)20(23)22-10-8-17(9-11-22)13-21-5/h6-7,12,14,16-17,21H,8-11,13H2,1-5H3. The summed E-state index contributed by atoms with van der Waals surface area (Å²) in [6, 6.07) is 6.28. The zero-order chi connectivity index (χ0) is 17.7. The summed E-state index contributed by atoms with van der Waals surface area (Å²) < 4.78 is 6.02. The molecule has 0 bridgehead atoms. The Labute approximate surface area is 146 Å². The maximum absolute atomic E-state index is 12.7. The molecule has 1 aliphatic rings. The number of rotatable bonds is 6. The largest absolute Gasteiger partial charge is 0.481 e. The van der Waals surface area contributed by atoms with Crippen LogP contribution in [0.3, 0.4) is 0 Å². The third kappa shape index (κ3) is 4.73. The van der Waals surface area contributed by atoms with Gasteiger partial charge >= 0.3 is 0 Å². The lowest BCUT2D eigenvalue weighted by Gasteiger charge is -2.33. The van der Waals surface area contributed by atoms with Crippen molar-refractivity contribution in [2.75, 3.05) is 26.7 Å². The van der Waals surface area contributed by atoms with Crippen LogP contribution in [-0.2, 0) is 4.79 Å². The van der Waals surface area contributed by atoms with Crippen molar-refractivity contribution in [3.8, 4) is 5.75 Å².